The summed E-state index contributed by atoms with van der Waals surface area (Å²) in [6.07, 6.45) is 5.42. The largest absolute Gasteiger partial charge is 0.298 e. The summed E-state index contributed by atoms with van der Waals surface area (Å²) >= 11 is 3.63. The van der Waals surface area contributed by atoms with Crippen LogP contribution in [0.4, 0.5) is 4.39 Å². The zero-order valence-corrected chi connectivity index (χ0v) is 10.1. The molecule has 2 rings (SSSR count). The predicted octanol–water partition coefficient (Wildman–Crippen LogP) is 2.58. The van der Waals surface area contributed by atoms with E-state index in [9.17, 15) is 4.39 Å². The van der Waals surface area contributed by atoms with Gasteiger partial charge in [0.2, 0.25) is 0 Å². The zero-order valence-electron chi connectivity index (χ0n) is 8.50. The molecule has 2 nitrogen and oxygen atoms in total. The number of hydrogen-bond donors (Lipinski definition) is 0. The van der Waals surface area contributed by atoms with Crippen molar-refractivity contribution in [3.05, 3.63) is 29.8 Å². The van der Waals surface area contributed by atoms with E-state index in [1.807, 2.05) is 0 Å². The second-order valence-corrected chi connectivity index (χ2v) is 5.28. The van der Waals surface area contributed by atoms with Gasteiger partial charge in [0, 0.05) is 24.1 Å². The average molecular weight is 273 g/mol. The normalized spacial score (nSPS) is 22.9. The highest BCUT2D eigenvalue weighted by atomic mass is 79.9. The summed E-state index contributed by atoms with van der Waals surface area (Å²) in [5, 5.41) is 0. The monoisotopic (exact) mass is 272 g/mol. The molecule has 1 saturated heterocycles. The van der Waals surface area contributed by atoms with Gasteiger partial charge in [0.1, 0.15) is 5.82 Å². The van der Waals surface area contributed by atoms with E-state index in [4.69, 9.17) is 0 Å². The third-order valence-electron chi connectivity index (χ3n) is 2.62. The molecule has 0 bridgehead atoms. The fourth-order valence-electron chi connectivity index (χ4n) is 1.94. The van der Waals surface area contributed by atoms with Gasteiger partial charge in [0.25, 0.3) is 0 Å². The SMILES string of the molecule is Fc1cncc(CN2CCCC(Br)C2)c1. The second-order valence-electron chi connectivity index (χ2n) is 3.99. The molecule has 0 aromatic carbocycles. The number of halogens is 2. The van der Waals surface area contributed by atoms with Gasteiger partial charge in [0.15, 0.2) is 0 Å². The minimum atomic E-state index is -0.250. The number of piperidine rings is 1. The lowest BCUT2D eigenvalue weighted by molar-refractivity contribution is 0.227. The van der Waals surface area contributed by atoms with Crippen LogP contribution in [0.2, 0.25) is 0 Å². The lowest BCUT2D eigenvalue weighted by Crippen LogP contribution is -2.35. The van der Waals surface area contributed by atoms with Crippen LogP contribution >= 0.6 is 15.9 Å². The Kier molecular flexibility index (Phi) is 3.70. The Labute approximate surface area is 97.6 Å². The Bertz CT molecular complexity index is 332. The third-order valence-corrected chi connectivity index (χ3v) is 3.36. The van der Waals surface area contributed by atoms with Crippen LogP contribution in [0.1, 0.15) is 18.4 Å². The molecule has 0 spiro atoms. The van der Waals surface area contributed by atoms with E-state index in [0.29, 0.717) is 4.83 Å². The maximum absolute atomic E-state index is 12.9. The van der Waals surface area contributed by atoms with E-state index in [0.717, 1.165) is 25.2 Å². The minimum Gasteiger partial charge on any atom is -0.298 e. The Balaban J connectivity index is 1.96. The van der Waals surface area contributed by atoms with Crippen molar-refractivity contribution in [1.29, 1.82) is 0 Å². The molecule has 4 heteroatoms. The average Bonchev–Trinajstić information content (AvgIpc) is 2.17. The van der Waals surface area contributed by atoms with Crippen molar-refractivity contribution in [1.82, 2.24) is 9.88 Å². The number of hydrogen-bond acceptors (Lipinski definition) is 2. The van der Waals surface area contributed by atoms with Crippen molar-refractivity contribution >= 4 is 15.9 Å². The first-order chi connectivity index (χ1) is 7.24. The van der Waals surface area contributed by atoms with Gasteiger partial charge in [-0.15, -0.1) is 0 Å². The van der Waals surface area contributed by atoms with Crippen LogP contribution in [0.15, 0.2) is 18.5 Å². The Morgan fingerprint density at radius 1 is 1.53 bits per heavy atom. The molecule has 15 heavy (non-hydrogen) atoms. The van der Waals surface area contributed by atoms with Gasteiger partial charge in [0.05, 0.1) is 6.20 Å². The molecule has 0 aliphatic carbocycles. The van der Waals surface area contributed by atoms with Crippen LogP contribution < -0.4 is 0 Å². The van der Waals surface area contributed by atoms with E-state index in [-0.39, 0.29) is 5.82 Å². The maximum Gasteiger partial charge on any atom is 0.141 e. The van der Waals surface area contributed by atoms with E-state index in [1.165, 1.54) is 19.0 Å². The highest BCUT2D eigenvalue weighted by Crippen LogP contribution is 2.18. The van der Waals surface area contributed by atoms with Crippen LogP contribution in [-0.2, 0) is 6.54 Å². The Morgan fingerprint density at radius 2 is 2.40 bits per heavy atom. The molecular weight excluding hydrogens is 259 g/mol. The maximum atomic E-state index is 12.9. The van der Waals surface area contributed by atoms with Crippen molar-refractivity contribution in [2.24, 2.45) is 0 Å². The number of nitrogens with zero attached hydrogens (tertiary/aromatic N) is 2. The Hall–Kier alpha value is -0.480. The number of rotatable bonds is 2. The predicted molar refractivity (Wildman–Crippen MR) is 61.4 cm³/mol. The quantitative estimate of drug-likeness (QED) is 0.770. The molecule has 1 unspecified atom stereocenters. The molecule has 1 fully saturated rings. The molecule has 82 valence electrons. The molecule has 1 aromatic heterocycles. The molecule has 0 radical (unpaired) electrons. The van der Waals surface area contributed by atoms with Gasteiger partial charge in [-0.05, 0) is 31.0 Å². The third kappa shape index (κ3) is 3.24. The van der Waals surface area contributed by atoms with E-state index in [2.05, 4.69) is 25.8 Å². The van der Waals surface area contributed by atoms with Gasteiger partial charge < -0.3 is 0 Å². The lowest BCUT2D eigenvalue weighted by atomic mass is 10.1. The smallest absolute Gasteiger partial charge is 0.141 e. The molecule has 0 saturated carbocycles. The zero-order chi connectivity index (χ0) is 10.7. The standard InChI is InChI=1S/C11H14BrFN2/c12-10-2-1-3-15(8-10)7-9-4-11(13)6-14-5-9/h4-6,10H,1-3,7-8H2. The summed E-state index contributed by atoms with van der Waals surface area (Å²) in [6, 6.07) is 1.56. The van der Waals surface area contributed by atoms with Gasteiger partial charge in [-0.25, -0.2) is 4.39 Å². The van der Waals surface area contributed by atoms with Crippen molar-refractivity contribution in [3.8, 4) is 0 Å². The number of pyridine rings is 1. The topological polar surface area (TPSA) is 16.1 Å². The number of aromatic nitrogens is 1. The van der Waals surface area contributed by atoms with E-state index < -0.39 is 0 Å². The fraction of sp³-hybridized carbons (Fsp3) is 0.545. The van der Waals surface area contributed by atoms with E-state index in [1.54, 1.807) is 12.3 Å². The van der Waals surface area contributed by atoms with Crippen LogP contribution in [0.3, 0.4) is 0 Å². The molecule has 1 atom stereocenters. The van der Waals surface area contributed by atoms with Gasteiger partial charge in [-0.1, -0.05) is 15.9 Å². The van der Waals surface area contributed by atoms with Gasteiger partial charge in [-0.3, -0.25) is 9.88 Å². The molecule has 1 aliphatic heterocycles. The molecule has 0 N–H and O–H groups in total. The molecular formula is C11H14BrFN2. The molecule has 0 amide bonds. The van der Waals surface area contributed by atoms with Crippen molar-refractivity contribution in [2.75, 3.05) is 13.1 Å². The summed E-state index contributed by atoms with van der Waals surface area (Å²) in [4.78, 5) is 6.76. The fourth-order valence-corrected chi connectivity index (χ4v) is 2.68. The highest BCUT2D eigenvalue weighted by Gasteiger charge is 2.17. The summed E-state index contributed by atoms with van der Waals surface area (Å²) < 4.78 is 12.9. The number of alkyl halides is 1. The number of likely N-dealkylation sites (tertiary alicyclic amines) is 1. The minimum absolute atomic E-state index is 0.250. The molecule has 1 aliphatic rings. The Morgan fingerprint density at radius 3 is 3.13 bits per heavy atom. The molecule has 1 aromatic rings. The van der Waals surface area contributed by atoms with Gasteiger partial charge >= 0.3 is 0 Å². The van der Waals surface area contributed by atoms with Crippen molar-refractivity contribution in [3.63, 3.8) is 0 Å². The summed E-state index contributed by atoms with van der Waals surface area (Å²) in [5.74, 6) is -0.250. The summed E-state index contributed by atoms with van der Waals surface area (Å²) in [5.41, 5.74) is 0.955. The van der Waals surface area contributed by atoms with Crippen LogP contribution in [0, 0.1) is 5.82 Å². The first-order valence-electron chi connectivity index (χ1n) is 5.20. The van der Waals surface area contributed by atoms with Crippen molar-refractivity contribution in [2.45, 2.75) is 24.2 Å². The first-order valence-corrected chi connectivity index (χ1v) is 6.11. The molecule has 2 heterocycles. The second kappa shape index (κ2) is 5.03. The lowest BCUT2D eigenvalue weighted by Gasteiger charge is -2.29. The van der Waals surface area contributed by atoms with Crippen LogP contribution in [0.25, 0.3) is 0 Å². The first kappa shape index (κ1) is 11.0. The van der Waals surface area contributed by atoms with Crippen LogP contribution in [0.5, 0.6) is 0 Å². The van der Waals surface area contributed by atoms with Crippen LogP contribution in [-0.4, -0.2) is 27.8 Å². The van der Waals surface area contributed by atoms with E-state index >= 15 is 0 Å². The summed E-state index contributed by atoms with van der Waals surface area (Å²) in [6.45, 7) is 2.93. The van der Waals surface area contributed by atoms with Crippen molar-refractivity contribution < 1.29 is 4.39 Å². The van der Waals surface area contributed by atoms with Gasteiger partial charge in [-0.2, -0.15) is 0 Å². The summed E-state index contributed by atoms with van der Waals surface area (Å²) in [7, 11) is 0. The highest BCUT2D eigenvalue weighted by molar-refractivity contribution is 9.09.